The van der Waals surface area contributed by atoms with Gasteiger partial charge in [0.25, 0.3) is 5.91 Å². The van der Waals surface area contributed by atoms with Crippen molar-refractivity contribution in [2.24, 2.45) is 0 Å². The smallest absolute Gasteiger partial charge is 0.251 e. The fourth-order valence-corrected chi connectivity index (χ4v) is 1.21. The van der Waals surface area contributed by atoms with Crippen LogP contribution in [0.4, 0.5) is 13.2 Å². The SMILES string of the molecule is CCNC(=O)CNC(=O)c1cc(F)c(F)c(F)c1. The molecule has 0 fully saturated rings. The molecule has 18 heavy (non-hydrogen) atoms. The first-order valence-corrected chi connectivity index (χ1v) is 5.15. The number of nitrogens with one attached hydrogen (secondary N) is 2. The Balaban J connectivity index is 2.70. The minimum atomic E-state index is -1.64. The Bertz CT molecular complexity index is 454. The van der Waals surface area contributed by atoms with Gasteiger partial charge in [0.05, 0.1) is 6.54 Å². The van der Waals surface area contributed by atoms with Crippen LogP contribution in [0, 0.1) is 17.5 Å². The van der Waals surface area contributed by atoms with Gasteiger partial charge in [0, 0.05) is 12.1 Å². The lowest BCUT2D eigenvalue weighted by Gasteiger charge is -2.06. The Morgan fingerprint density at radius 1 is 1.11 bits per heavy atom. The minimum absolute atomic E-state index is 0.326. The van der Waals surface area contributed by atoms with E-state index in [0.29, 0.717) is 18.7 Å². The molecule has 0 saturated carbocycles. The molecule has 7 heteroatoms. The minimum Gasteiger partial charge on any atom is -0.355 e. The third kappa shape index (κ3) is 3.47. The van der Waals surface area contributed by atoms with Gasteiger partial charge in [0.2, 0.25) is 5.91 Å². The third-order valence-corrected chi connectivity index (χ3v) is 2.03. The molecule has 0 aliphatic carbocycles. The maximum atomic E-state index is 12.8. The molecule has 0 aliphatic heterocycles. The first-order chi connectivity index (χ1) is 8.45. The van der Waals surface area contributed by atoms with Crippen molar-refractivity contribution in [1.82, 2.24) is 10.6 Å². The Labute approximate surface area is 101 Å². The second-order valence-corrected chi connectivity index (χ2v) is 3.39. The highest BCUT2D eigenvalue weighted by Crippen LogP contribution is 2.13. The summed E-state index contributed by atoms with van der Waals surface area (Å²) in [5, 5.41) is 4.57. The van der Waals surface area contributed by atoms with Crippen LogP contribution < -0.4 is 10.6 Å². The lowest BCUT2D eigenvalue weighted by atomic mass is 10.2. The summed E-state index contributed by atoms with van der Waals surface area (Å²) in [4.78, 5) is 22.5. The van der Waals surface area contributed by atoms with Gasteiger partial charge < -0.3 is 10.6 Å². The van der Waals surface area contributed by atoms with Crippen molar-refractivity contribution in [3.05, 3.63) is 35.1 Å². The van der Waals surface area contributed by atoms with E-state index in [1.807, 2.05) is 0 Å². The Kier molecular flexibility index (Phi) is 4.70. The summed E-state index contributed by atoms with van der Waals surface area (Å²) in [5.74, 6) is -5.86. The fourth-order valence-electron chi connectivity index (χ4n) is 1.21. The highest BCUT2D eigenvalue weighted by Gasteiger charge is 2.15. The van der Waals surface area contributed by atoms with E-state index in [0.717, 1.165) is 0 Å². The molecule has 0 spiro atoms. The quantitative estimate of drug-likeness (QED) is 0.792. The second-order valence-electron chi connectivity index (χ2n) is 3.39. The van der Waals surface area contributed by atoms with Crippen LogP contribution >= 0.6 is 0 Å². The lowest BCUT2D eigenvalue weighted by molar-refractivity contribution is -0.120. The molecular weight excluding hydrogens is 249 g/mol. The van der Waals surface area contributed by atoms with Gasteiger partial charge >= 0.3 is 0 Å². The summed E-state index contributed by atoms with van der Waals surface area (Å²) in [6, 6.07) is 1.12. The van der Waals surface area contributed by atoms with Crippen molar-refractivity contribution in [3.8, 4) is 0 Å². The van der Waals surface area contributed by atoms with Gasteiger partial charge in [-0.15, -0.1) is 0 Å². The van der Waals surface area contributed by atoms with E-state index < -0.39 is 34.8 Å². The maximum absolute atomic E-state index is 12.8. The molecule has 1 rings (SSSR count). The molecule has 1 aromatic carbocycles. The van der Waals surface area contributed by atoms with Crippen LogP contribution in [0.5, 0.6) is 0 Å². The standard InChI is InChI=1S/C11H11F3N2O2/c1-2-15-9(17)5-16-11(18)6-3-7(12)10(14)8(13)4-6/h3-4H,2,5H2,1H3,(H,15,17)(H,16,18). The van der Waals surface area contributed by atoms with Gasteiger partial charge in [0.15, 0.2) is 17.5 Å². The highest BCUT2D eigenvalue weighted by molar-refractivity contribution is 5.96. The number of carbonyl (C=O) groups is 2. The van der Waals surface area contributed by atoms with Crippen molar-refractivity contribution in [1.29, 1.82) is 0 Å². The first-order valence-electron chi connectivity index (χ1n) is 5.15. The van der Waals surface area contributed by atoms with Crippen molar-refractivity contribution < 1.29 is 22.8 Å². The van der Waals surface area contributed by atoms with Crippen LogP contribution in [-0.2, 0) is 4.79 Å². The molecule has 2 N–H and O–H groups in total. The molecule has 0 atom stereocenters. The summed E-state index contributed by atoms with van der Waals surface area (Å²) in [7, 11) is 0. The average Bonchev–Trinajstić information content (AvgIpc) is 2.32. The van der Waals surface area contributed by atoms with Gasteiger partial charge in [-0.3, -0.25) is 9.59 Å². The molecule has 0 radical (unpaired) electrons. The second kappa shape index (κ2) is 6.04. The molecule has 0 aromatic heterocycles. The Morgan fingerprint density at radius 2 is 1.67 bits per heavy atom. The lowest BCUT2D eigenvalue weighted by Crippen LogP contribution is -2.36. The van der Waals surface area contributed by atoms with Crippen molar-refractivity contribution in [2.45, 2.75) is 6.92 Å². The maximum Gasteiger partial charge on any atom is 0.251 e. The van der Waals surface area contributed by atoms with Gasteiger partial charge in [-0.05, 0) is 19.1 Å². The van der Waals surface area contributed by atoms with E-state index in [1.54, 1.807) is 6.92 Å². The Hall–Kier alpha value is -2.05. The zero-order chi connectivity index (χ0) is 13.7. The first kappa shape index (κ1) is 14.0. The van der Waals surface area contributed by atoms with E-state index in [9.17, 15) is 22.8 Å². The zero-order valence-corrected chi connectivity index (χ0v) is 9.52. The van der Waals surface area contributed by atoms with E-state index >= 15 is 0 Å². The van der Waals surface area contributed by atoms with Crippen LogP contribution in [0.25, 0.3) is 0 Å². The normalized spacial score (nSPS) is 10.0. The van der Waals surface area contributed by atoms with Crippen LogP contribution in [-0.4, -0.2) is 24.9 Å². The number of halogens is 3. The van der Waals surface area contributed by atoms with E-state index in [-0.39, 0.29) is 6.54 Å². The zero-order valence-electron chi connectivity index (χ0n) is 9.52. The van der Waals surface area contributed by atoms with Crippen molar-refractivity contribution >= 4 is 11.8 Å². The molecule has 2 amide bonds. The average molecular weight is 260 g/mol. The third-order valence-electron chi connectivity index (χ3n) is 2.03. The van der Waals surface area contributed by atoms with Crippen LogP contribution in [0.3, 0.4) is 0 Å². The molecule has 98 valence electrons. The number of carbonyl (C=O) groups excluding carboxylic acids is 2. The summed E-state index contributed by atoms with van der Waals surface area (Å²) in [6.07, 6.45) is 0. The molecule has 0 heterocycles. The van der Waals surface area contributed by atoms with Gasteiger partial charge in [-0.25, -0.2) is 13.2 Å². The van der Waals surface area contributed by atoms with Crippen molar-refractivity contribution in [3.63, 3.8) is 0 Å². The van der Waals surface area contributed by atoms with E-state index in [4.69, 9.17) is 0 Å². The summed E-state index contributed by atoms with van der Waals surface area (Å²) >= 11 is 0. The Morgan fingerprint density at radius 3 is 2.17 bits per heavy atom. The molecule has 1 aromatic rings. The topological polar surface area (TPSA) is 58.2 Å². The molecule has 0 bridgehead atoms. The largest absolute Gasteiger partial charge is 0.355 e. The van der Waals surface area contributed by atoms with Gasteiger partial charge in [-0.2, -0.15) is 0 Å². The number of amides is 2. The summed E-state index contributed by atoms with van der Waals surface area (Å²) < 4.78 is 38.3. The number of likely N-dealkylation sites (N-methyl/N-ethyl adjacent to an activating group) is 1. The molecule has 0 aliphatic rings. The monoisotopic (exact) mass is 260 g/mol. The van der Waals surface area contributed by atoms with Crippen LogP contribution in [0.1, 0.15) is 17.3 Å². The van der Waals surface area contributed by atoms with Gasteiger partial charge in [-0.1, -0.05) is 0 Å². The van der Waals surface area contributed by atoms with Crippen LogP contribution in [0.2, 0.25) is 0 Å². The fraction of sp³-hybridized carbons (Fsp3) is 0.273. The summed E-state index contributed by atoms with van der Waals surface area (Å²) in [5.41, 5.74) is -0.393. The van der Waals surface area contributed by atoms with E-state index in [2.05, 4.69) is 10.6 Å². The van der Waals surface area contributed by atoms with Crippen molar-refractivity contribution in [2.75, 3.05) is 13.1 Å². The number of hydrogen-bond acceptors (Lipinski definition) is 2. The molecular formula is C11H11F3N2O2. The molecule has 0 unspecified atom stereocenters. The number of rotatable bonds is 4. The number of hydrogen-bond donors (Lipinski definition) is 2. The van der Waals surface area contributed by atoms with Gasteiger partial charge in [0.1, 0.15) is 0 Å². The predicted octanol–water partition coefficient (Wildman–Crippen LogP) is 0.970. The molecule has 4 nitrogen and oxygen atoms in total. The van der Waals surface area contributed by atoms with Crippen LogP contribution in [0.15, 0.2) is 12.1 Å². The highest BCUT2D eigenvalue weighted by atomic mass is 19.2. The number of benzene rings is 1. The van der Waals surface area contributed by atoms with E-state index in [1.165, 1.54) is 0 Å². The molecule has 0 saturated heterocycles. The predicted molar refractivity (Wildman–Crippen MR) is 57.3 cm³/mol. The summed E-state index contributed by atoms with van der Waals surface area (Å²) in [6.45, 7) is 1.77.